The van der Waals surface area contributed by atoms with Crippen molar-refractivity contribution in [3.05, 3.63) is 24.3 Å². The minimum atomic E-state index is -4.74. The molecule has 0 fully saturated rings. The van der Waals surface area contributed by atoms with E-state index in [0.29, 0.717) is 0 Å². The summed E-state index contributed by atoms with van der Waals surface area (Å²) in [4.78, 5) is 10.5. The Labute approximate surface area is 121 Å². The Hall–Kier alpha value is -1.70. The number of hydrogen-bond donors (Lipinski definition) is 2. The lowest BCUT2D eigenvalue weighted by molar-refractivity contribution is -0.142. The minimum absolute atomic E-state index is 0.0234. The lowest BCUT2D eigenvalue weighted by atomic mass is 9.96. The molecule has 21 heavy (non-hydrogen) atoms. The first-order chi connectivity index (χ1) is 9.67. The van der Waals surface area contributed by atoms with Crippen LogP contribution in [0.25, 0.3) is 0 Å². The van der Waals surface area contributed by atoms with Crippen molar-refractivity contribution in [2.24, 2.45) is 11.8 Å². The molecule has 1 aromatic carbocycles. The van der Waals surface area contributed by atoms with Crippen molar-refractivity contribution in [3.63, 3.8) is 0 Å². The van der Waals surface area contributed by atoms with Crippen LogP contribution in [0.4, 0.5) is 14.5 Å². The molecule has 0 heterocycles. The van der Waals surface area contributed by atoms with Crippen molar-refractivity contribution in [1.29, 1.82) is 0 Å². The molecule has 1 unspecified atom stereocenters. The maximum atomic E-state index is 12.6. The molecule has 0 aromatic heterocycles. The van der Waals surface area contributed by atoms with Gasteiger partial charge in [0.05, 0.1) is 16.5 Å². The average molecular weight is 321 g/mol. The number of halogens is 2. The Balaban J connectivity index is 3.03. The van der Waals surface area contributed by atoms with Gasteiger partial charge in [0.2, 0.25) is 9.84 Å². The van der Waals surface area contributed by atoms with Crippen LogP contribution in [0.5, 0.6) is 0 Å². The van der Waals surface area contributed by atoms with E-state index < -0.39 is 32.4 Å². The van der Waals surface area contributed by atoms with E-state index >= 15 is 0 Å². The molecule has 0 aliphatic rings. The Kier molecular flexibility index (Phi) is 5.65. The van der Waals surface area contributed by atoms with Gasteiger partial charge < -0.3 is 10.4 Å². The molecule has 0 saturated carbocycles. The molecular formula is C13H17F2NO4S. The zero-order valence-corrected chi connectivity index (χ0v) is 12.4. The fraction of sp³-hybridized carbons (Fsp3) is 0.462. The van der Waals surface area contributed by atoms with Gasteiger partial charge in [-0.2, -0.15) is 8.78 Å². The molecule has 0 spiro atoms. The van der Waals surface area contributed by atoms with Gasteiger partial charge in [0.1, 0.15) is 0 Å². The summed E-state index contributed by atoms with van der Waals surface area (Å²) in [6.07, 6.45) is 0. The Morgan fingerprint density at radius 3 is 2.33 bits per heavy atom. The number of anilines is 1. The van der Waals surface area contributed by atoms with E-state index in [4.69, 9.17) is 5.11 Å². The first-order valence-corrected chi connectivity index (χ1v) is 7.80. The van der Waals surface area contributed by atoms with E-state index in [1.807, 2.05) is 0 Å². The van der Waals surface area contributed by atoms with Gasteiger partial charge in [-0.25, -0.2) is 8.42 Å². The molecule has 0 bridgehead atoms. The number of nitrogens with one attached hydrogen (secondary N) is 1. The van der Waals surface area contributed by atoms with Crippen LogP contribution in [0, 0.1) is 11.8 Å². The van der Waals surface area contributed by atoms with Crippen LogP contribution in [0.3, 0.4) is 0 Å². The van der Waals surface area contributed by atoms with Gasteiger partial charge in [-0.15, -0.1) is 0 Å². The van der Waals surface area contributed by atoms with Gasteiger partial charge in [0, 0.05) is 6.54 Å². The predicted molar refractivity (Wildman–Crippen MR) is 74.1 cm³/mol. The van der Waals surface area contributed by atoms with E-state index in [2.05, 4.69) is 5.32 Å². The summed E-state index contributed by atoms with van der Waals surface area (Å²) < 4.78 is 48.4. The summed E-state index contributed by atoms with van der Waals surface area (Å²) in [5, 5.41) is 11.7. The van der Waals surface area contributed by atoms with Crippen molar-refractivity contribution in [2.75, 3.05) is 11.9 Å². The number of benzene rings is 1. The number of hydrogen-bond acceptors (Lipinski definition) is 4. The molecule has 1 atom stereocenters. The smallest absolute Gasteiger partial charge is 0.341 e. The van der Waals surface area contributed by atoms with Crippen LogP contribution in [0.15, 0.2) is 29.2 Å². The van der Waals surface area contributed by atoms with Gasteiger partial charge in [-0.3, -0.25) is 4.79 Å². The van der Waals surface area contributed by atoms with E-state index in [1.54, 1.807) is 13.8 Å². The zero-order chi connectivity index (χ0) is 16.2. The van der Waals surface area contributed by atoms with Crippen LogP contribution < -0.4 is 5.32 Å². The molecule has 0 aliphatic heterocycles. The number of rotatable bonds is 7. The van der Waals surface area contributed by atoms with E-state index in [1.165, 1.54) is 18.2 Å². The number of sulfone groups is 1. The van der Waals surface area contributed by atoms with Crippen molar-refractivity contribution in [3.8, 4) is 0 Å². The predicted octanol–water partition coefficient (Wildman–Crippen LogP) is 2.45. The third-order valence-corrected chi connectivity index (χ3v) is 4.50. The Bertz CT molecular complexity index is 602. The van der Waals surface area contributed by atoms with Crippen molar-refractivity contribution in [1.82, 2.24) is 0 Å². The summed E-state index contributed by atoms with van der Waals surface area (Å²) in [6, 6.07) is 5.21. The lowest BCUT2D eigenvalue weighted by Gasteiger charge is -2.19. The van der Waals surface area contributed by atoms with Crippen molar-refractivity contribution < 1.29 is 27.1 Å². The average Bonchev–Trinajstić information content (AvgIpc) is 2.38. The normalized spacial score (nSPS) is 13.4. The van der Waals surface area contributed by atoms with Gasteiger partial charge in [-0.1, -0.05) is 26.0 Å². The first-order valence-electron chi connectivity index (χ1n) is 6.25. The number of carboxylic acid groups (broad SMARTS) is 1. The molecule has 0 aliphatic carbocycles. The molecule has 2 N–H and O–H groups in total. The summed E-state index contributed by atoms with van der Waals surface area (Å²) in [7, 11) is -4.74. The number of aliphatic carboxylic acids is 1. The summed E-state index contributed by atoms with van der Waals surface area (Å²) in [5.41, 5.74) is -0.0234. The van der Waals surface area contributed by atoms with Crippen LogP contribution in [0.1, 0.15) is 13.8 Å². The summed E-state index contributed by atoms with van der Waals surface area (Å²) in [5.74, 6) is -5.51. The SMILES string of the molecule is CC(C)C(CNc1ccccc1S(=O)(=O)C(F)F)C(=O)O. The third-order valence-electron chi connectivity index (χ3n) is 3.06. The van der Waals surface area contributed by atoms with E-state index in [-0.39, 0.29) is 18.2 Å². The van der Waals surface area contributed by atoms with Crippen LogP contribution in [-0.4, -0.2) is 31.8 Å². The second-order valence-corrected chi connectivity index (χ2v) is 6.76. The monoisotopic (exact) mass is 321 g/mol. The molecule has 0 saturated heterocycles. The van der Waals surface area contributed by atoms with E-state index in [9.17, 15) is 22.0 Å². The Morgan fingerprint density at radius 2 is 1.86 bits per heavy atom. The largest absolute Gasteiger partial charge is 0.481 e. The minimum Gasteiger partial charge on any atom is -0.481 e. The maximum absolute atomic E-state index is 12.6. The van der Waals surface area contributed by atoms with Gasteiger partial charge in [-0.05, 0) is 18.1 Å². The Morgan fingerprint density at radius 1 is 1.29 bits per heavy atom. The topological polar surface area (TPSA) is 83.5 Å². The quantitative estimate of drug-likeness (QED) is 0.806. The number of para-hydroxylation sites is 1. The molecule has 1 rings (SSSR count). The van der Waals surface area contributed by atoms with Crippen molar-refractivity contribution in [2.45, 2.75) is 24.5 Å². The standard InChI is InChI=1S/C13H17F2NO4S/c1-8(2)9(12(17)18)7-16-10-5-3-4-6-11(10)21(19,20)13(14)15/h3-6,8-9,13,16H,7H2,1-2H3,(H,17,18). The summed E-state index contributed by atoms with van der Waals surface area (Å²) >= 11 is 0. The first kappa shape index (κ1) is 17.4. The second-order valence-electron chi connectivity index (χ2n) is 4.87. The second kappa shape index (κ2) is 6.84. The lowest BCUT2D eigenvalue weighted by Crippen LogP contribution is -2.28. The van der Waals surface area contributed by atoms with E-state index in [0.717, 1.165) is 6.07 Å². The fourth-order valence-electron chi connectivity index (χ4n) is 1.78. The van der Waals surface area contributed by atoms with Crippen LogP contribution in [0.2, 0.25) is 0 Å². The van der Waals surface area contributed by atoms with Gasteiger partial charge in [0.25, 0.3) is 0 Å². The molecule has 0 amide bonds. The summed E-state index contributed by atoms with van der Waals surface area (Å²) in [6.45, 7) is 3.37. The zero-order valence-electron chi connectivity index (χ0n) is 11.6. The highest BCUT2D eigenvalue weighted by molar-refractivity contribution is 7.91. The number of alkyl halides is 2. The van der Waals surface area contributed by atoms with Crippen molar-refractivity contribution >= 4 is 21.5 Å². The maximum Gasteiger partial charge on any atom is 0.341 e. The highest BCUT2D eigenvalue weighted by atomic mass is 32.2. The number of carboxylic acids is 1. The van der Waals surface area contributed by atoms with Gasteiger partial charge in [0.15, 0.2) is 0 Å². The highest BCUT2D eigenvalue weighted by Crippen LogP contribution is 2.26. The van der Waals surface area contributed by atoms with Crippen LogP contribution >= 0.6 is 0 Å². The number of carbonyl (C=O) groups is 1. The molecule has 0 radical (unpaired) electrons. The highest BCUT2D eigenvalue weighted by Gasteiger charge is 2.29. The third kappa shape index (κ3) is 4.13. The van der Waals surface area contributed by atoms with Gasteiger partial charge >= 0.3 is 11.7 Å². The molecule has 5 nitrogen and oxygen atoms in total. The fourth-order valence-corrected chi connectivity index (χ4v) is 2.69. The molecular weight excluding hydrogens is 304 g/mol. The molecule has 8 heteroatoms. The molecule has 1 aromatic rings. The molecule has 118 valence electrons. The van der Waals surface area contributed by atoms with Crippen LogP contribution in [-0.2, 0) is 14.6 Å².